The van der Waals surface area contributed by atoms with Crippen molar-refractivity contribution in [3.8, 4) is 17.2 Å². The SMILES string of the molecule is COc1cc(/C=N/NC(=O)c2ccc[n+]([O-])c2)cc(OC)c1OC. The number of methoxy groups -OCH3 is 3. The number of rotatable bonds is 6. The van der Waals surface area contributed by atoms with Gasteiger partial charge in [-0.1, -0.05) is 0 Å². The minimum absolute atomic E-state index is 0.203. The first-order chi connectivity index (χ1) is 11.6. The van der Waals surface area contributed by atoms with Gasteiger partial charge in [-0.25, -0.2) is 5.43 Å². The van der Waals surface area contributed by atoms with Crippen molar-refractivity contribution in [2.24, 2.45) is 5.10 Å². The van der Waals surface area contributed by atoms with Gasteiger partial charge in [-0.3, -0.25) is 4.79 Å². The monoisotopic (exact) mass is 331 g/mol. The number of carbonyl (C=O) groups excluding carboxylic acids is 1. The Morgan fingerprint density at radius 3 is 2.42 bits per heavy atom. The molecule has 1 heterocycles. The fraction of sp³-hybridized carbons (Fsp3) is 0.188. The summed E-state index contributed by atoms with van der Waals surface area (Å²) in [6.07, 6.45) is 3.87. The molecule has 0 saturated heterocycles. The predicted octanol–water partition coefficient (Wildman–Crippen LogP) is 1.11. The molecule has 0 aliphatic carbocycles. The molecule has 8 nitrogen and oxygen atoms in total. The molecule has 126 valence electrons. The summed E-state index contributed by atoms with van der Waals surface area (Å²) in [5, 5.41) is 15.0. The second kappa shape index (κ2) is 7.82. The van der Waals surface area contributed by atoms with Gasteiger partial charge in [0.05, 0.1) is 27.5 Å². The maximum absolute atomic E-state index is 11.9. The number of nitrogens with zero attached hydrogens (tertiary/aromatic N) is 2. The molecule has 0 fully saturated rings. The molecule has 2 aromatic rings. The molecule has 0 aliphatic heterocycles. The van der Waals surface area contributed by atoms with Crippen molar-refractivity contribution in [1.29, 1.82) is 0 Å². The van der Waals surface area contributed by atoms with E-state index in [9.17, 15) is 10.0 Å². The van der Waals surface area contributed by atoms with Gasteiger partial charge in [-0.15, -0.1) is 0 Å². The van der Waals surface area contributed by atoms with Gasteiger partial charge in [-0.2, -0.15) is 9.83 Å². The average Bonchev–Trinajstić information content (AvgIpc) is 2.60. The summed E-state index contributed by atoms with van der Waals surface area (Å²) >= 11 is 0. The maximum Gasteiger partial charge on any atom is 0.277 e. The molecule has 0 spiro atoms. The largest absolute Gasteiger partial charge is 0.619 e. The normalized spacial score (nSPS) is 10.5. The number of hydrogen-bond donors (Lipinski definition) is 1. The van der Waals surface area contributed by atoms with Crippen molar-refractivity contribution in [2.75, 3.05) is 21.3 Å². The summed E-state index contributed by atoms with van der Waals surface area (Å²) < 4.78 is 16.2. The quantitative estimate of drug-likeness (QED) is 0.370. The average molecular weight is 331 g/mol. The highest BCUT2D eigenvalue weighted by Crippen LogP contribution is 2.37. The Morgan fingerprint density at radius 1 is 1.21 bits per heavy atom. The molecular formula is C16H17N3O5. The van der Waals surface area contributed by atoms with E-state index in [0.29, 0.717) is 27.5 Å². The lowest BCUT2D eigenvalue weighted by Crippen LogP contribution is -2.28. The van der Waals surface area contributed by atoms with Crippen LogP contribution >= 0.6 is 0 Å². The second-order valence-electron chi connectivity index (χ2n) is 4.61. The van der Waals surface area contributed by atoms with Crippen LogP contribution in [0.25, 0.3) is 0 Å². The number of carbonyl (C=O) groups is 1. The molecule has 0 saturated carbocycles. The fourth-order valence-corrected chi connectivity index (χ4v) is 1.99. The van der Waals surface area contributed by atoms with Gasteiger partial charge in [0.2, 0.25) is 5.75 Å². The van der Waals surface area contributed by atoms with Gasteiger partial charge in [0.1, 0.15) is 5.56 Å². The van der Waals surface area contributed by atoms with Crippen LogP contribution < -0.4 is 24.4 Å². The zero-order valence-electron chi connectivity index (χ0n) is 13.5. The van der Waals surface area contributed by atoms with Crippen LogP contribution in [-0.2, 0) is 0 Å². The molecule has 2 rings (SSSR count). The highest BCUT2D eigenvalue weighted by molar-refractivity contribution is 5.94. The van der Waals surface area contributed by atoms with E-state index in [1.165, 1.54) is 45.9 Å². The number of aromatic nitrogens is 1. The zero-order valence-corrected chi connectivity index (χ0v) is 13.5. The molecule has 0 unspecified atom stereocenters. The number of benzene rings is 1. The third-order valence-electron chi connectivity index (χ3n) is 3.10. The standard InChI is InChI=1S/C16H17N3O5/c1-22-13-7-11(8-14(23-2)15(13)24-3)9-17-18-16(20)12-5-4-6-19(21)10-12/h4-10H,1-3H3,(H,18,20)/b17-9+. The van der Waals surface area contributed by atoms with Gasteiger partial charge in [0, 0.05) is 11.6 Å². The summed E-state index contributed by atoms with van der Waals surface area (Å²) in [4.78, 5) is 11.9. The van der Waals surface area contributed by atoms with Gasteiger partial charge in [0.25, 0.3) is 5.91 Å². The van der Waals surface area contributed by atoms with Crippen LogP contribution in [0.2, 0.25) is 0 Å². The van der Waals surface area contributed by atoms with Crippen molar-refractivity contribution in [3.63, 3.8) is 0 Å². The van der Waals surface area contributed by atoms with E-state index in [1.54, 1.807) is 12.1 Å². The van der Waals surface area contributed by atoms with Crippen LogP contribution in [0.3, 0.4) is 0 Å². The molecule has 24 heavy (non-hydrogen) atoms. The van der Waals surface area contributed by atoms with Crippen molar-refractivity contribution in [1.82, 2.24) is 5.43 Å². The summed E-state index contributed by atoms with van der Waals surface area (Å²) in [5.41, 5.74) is 3.18. The number of hydrazone groups is 1. The Bertz CT molecular complexity index is 736. The number of ether oxygens (including phenoxy) is 3. The molecule has 0 atom stereocenters. The van der Waals surface area contributed by atoms with E-state index in [0.717, 1.165) is 6.20 Å². The number of amides is 1. The lowest BCUT2D eigenvalue weighted by atomic mass is 10.2. The second-order valence-corrected chi connectivity index (χ2v) is 4.61. The van der Waals surface area contributed by atoms with Crippen LogP contribution in [0, 0.1) is 5.21 Å². The maximum atomic E-state index is 11.9. The Labute approximate surface area is 138 Å². The summed E-state index contributed by atoms with van der Waals surface area (Å²) in [5.74, 6) is 0.912. The van der Waals surface area contributed by atoms with E-state index in [-0.39, 0.29) is 5.56 Å². The van der Waals surface area contributed by atoms with E-state index >= 15 is 0 Å². The molecule has 0 radical (unpaired) electrons. The molecular weight excluding hydrogens is 314 g/mol. The lowest BCUT2D eigenvalue weighted by molar-refractivity contribution is -0.605. The first-order valence-corrected chi connectivity index (χ1v) is 6.91. The van der Waals surface area contributed by atoms with Gasteiger partial charge >= 0.3 is 0 Å². The Balaban J connectivity index is 2.15. The molecule has 1 amide bonds. The van der Waals surface area contributed by atoms with E-state index in [4.69, 9.17) is 14.2 Å². The summed E-state index contributed by atoms with van der Waals surface area (Å²) in [6, 6.07) is 6.36. The number of pyridine rings is 1. The van der Waals surface area contributed by atoms with Crippen molar-refractivity contribution in [3.05, 3.63) is 53.0 Å². The smallest absolute Gasteiger partial charge is 0.277 e. The number of hydrogen-bond acceptors (Lipinski definition) is 6. The lowest BCUT2D eigenvalue weighted by Gasteiger charge is -2.12. The van der Waals surface area contributed by atoms with Crippen LogP contribution in [-0.4, -0.2) is 33.5 Å². The van der Waals surface area contributed by atoms with Crippen LogP contribution in [0.15, 0.2) is 41.8 Å². The van der Waals surface area contributed by atoms with Crippen molar-refractivity contribution in [2.45, 2.75) is 0 Å². The first-order valence-electron chi connectivity index (χ1n) is 6.91. The van der Waals surface area contributed by atoms with Crippen LogP contribution in [0.4, 0.5) is 0 Å². The molecule has 0 aliphatic rings. The summed E-state index contributed by atoms with van der Waals surface area (Å²) in [6.45, 7) is 0. The molecule has 1 aromatic heterocycles. The molecule has 1 N–H and O–H groups in total. The van der Waals surface area contributed by atoms with Gasteiger partial charge < -0.3 is 19.4 Å². The minimum atomic E-state index is -0.496. The zero-order chi connectivity index (χ0) is 17.5. The van der Waals surface area contributed by atoms with Gasteiger partial charge in [0.15, 0.2) is 23.9 Å². The Morgan fingerprint density at radius 2 is 1.88 bits per heavy atom. The van der Waals surface area contributed by atoms with E-state index in [2.05, 4.69) is 10.5 Å². The number of nitrogens with one attached hydrogen (secondary N) is 1. The van der Waals surface area contributed by atoms with Crippen molar-refractivity contribution < 1.29 is 23.7 Å². The van der Waals surface area contributed by atoms with Gasteiger partial charge in [-0.05, 0) is 18.2 Å². The third kappa shape index (κ3) is 3.92. The highest BCUT2D eigenvalue weighted by Gasteiger charge is 2.12. The molecule has 0 bridgehead atoms. The van der Waals surface area contributed by atoms with E-state index in [1.807, 2.05) is 0 Å². The molecule has 8 heteroatoms. The minimum Gasteiger partial charge on any atom is -0.619 e. The predicted molar refractivity (Wildman–Crippen MR) is 86.6 cm³/mol. The third-order valence-corrected chi connectivity index (χ3v) is 3.10. The van der Waals surface area contributed by atoms with Crippen molar-refractivity contribution >= 4 is 12.1 Å². The van der Waals surface area contributed by atoms with Crippen LogP contribution in [0.5, 0.6) is 17.2 Å². The highest BCUT2D eigenvalue weighted by atomic mass is 16.5. The Hall–Kier alpha value is -3.29. The Kier molecular flexibility index (Phi) is 5.56. The van der Waals surface area contributed by atoms with Crippen LogP contribution in [0.1, 0.15) is 15.9 Å². The summed E-state index contributed by atoms with van der Waals surface area (Å²) in [7, 11) is 4.53. The van der Waals surface area contributed by atoms with E-state index < -0.39 is 5.91 Å². The topological polar surface area (TPSA) is 96.1 Å². The molecule has 1 aromatic carbocycles. The first kappa shape index (κ1) is 17.1. The fourth-order valence-electron chi connectivity index (χ4n) is 1.99.